The van der Waals surface area contributed by atoms with E-state index < -0.39 is 16.1 Å². The van der Waals surface area contributed by atoms with Gasteiger partial charge in [-0.3, -0.25) is 0 Å². The molecule has 0 spiro atoms. The lowest BCUT2D eigenvalue weighted by Gasteiger charge is -2.34. The van der Waals surface area contributed by atoms with Gasteiger partial charge in [0.2, 0.25) is 0 Å². The van der Waals surface area contributed by atoms with Gasteiger partial charge in [-0.1, -0.05) is 400 Å². The Morgan fingerprint density at radius 1 is 0.143 bits per heavy atom. The molecule has 0 saturated carbocycles. The van der Waals surface area contributed by atoms with E-state index in [1.807, 2.05) is 24.3 Å². The number of hydrogen-bond acceptors (Lipinski definition) is 4. The highest BCUT2D eigenvalue weighted by molar-refractivity contribution is 7.20. The summed E-state index contributed by atoms with van der Waals surface area (Å²) in [6, 6.07) is 196. The number of rotatable bonds is 18. The first-order valence-electron chi connectivity index (χ1n) is 48.1. The fraction of sp³-hybridized carbons (Fsp3) is 0. The van der Waals surface area contributed by atoms with Crippen LogP contribution in [0, 0.1) is 0 Å². The fourth-order valence-electron chi connectivity index (χ4n) is 23.0. The average Bonchev–Trinajstić information content (AvgIpc) is 1.48. The van der Waals surface area contributed by atoms with Crippen LogP contribution in [0.2, 0.25) is 0 Å². The smallest absolute Gasteiger partial charge is 0.179 e. The maximum Gasteiger partial charge on any atom is 0.179 e. The molecule has 140 heavy (non-hydrogen) atoms. The van der Waals surface area contributed by atoms with Crippen LogP contribution in [0.25, 0.3) is 165 Å². The van der Waals surface area contributed by atoms with Gasteiger partial charge in [-0.05, 0) is 213 Å². The summed E-state index contributed by atoms with van der Waals surface area (Å²) in [5, 5.41) is 25.7. The second kappa shape index (κ2) is 33.6. The lowest BCUT2D eigenvalue weighted by atomic mass is 10.0. The molecule has 0 radical (unpaired) electrons. The molecule has 22 aromatic carbocycles. The number of fused-ring (bicyclic) bond motifs is 18. The molecule has 0 atom stereocenters. The van der Waals surface area contributed by atoms with E-state index in [0.29, 0.717) is 0 Å². The van der Waals surface area contributed by atoms with Crippen molar-refractivity contribution in [3.05, 3.63) is 534 Å². The monoisotopic (exact) mass is 1820 g/mol. The van der Waals surface area contributed by atoms with Gasteiger partial charge in [-0.15, -0.1) is 0 Å². The standard InChI is InChI=1S/2C66H44N2OSi/c1-4-15-52(16-5-1)70(53-17-6-2-7-18-53,54-19-8-3-9-20-54)55-39-31-46(32-40-55)45-27-34-49(35-28-45)67(51-38-41-58-57-22-11-13-26-64(57)69-65(58)44-51)50-36-29-47(30-37-50)48-33-42-63-61(43-48)60-24-14-23-59-56-21-10-12-25-62(56)68(63)66(59)60;1-4-15-52(16-5-1)70(53-17-6-2-7-18-53,54-19-8-3-9-20-54)55-39-31-46(32-40-55)45-27-34-49(35-28-45)67(50-36-29-47(30-37-50)48-33-41-58-57-22-11-13-26-64(57)69-65(58)43-48)51-38-42-63-61(44-51)60-24-14-23-59-56-21-10-12-25-62(56)68(63)66(59)60/h2*1-44H. The number of benzene rings is 22. The Morgan fingerprint density at radius 3 is 0.764 bits per heavy atom. The van der Waals surface area contributed by atoms with Gasteiger partial charge in [-0.2, -0.15) is 0 Å². The molecule has 6 aromatic heterocycles. The van der Waals surface area contributed by atoms with E-state index in [-0.39, 0.29) is 0 Å². The Kier molecular flexibility index (Phi) is 19.6. The molecule has 6 heterocycles. The predicted molar refractivity (Wildman–Crippen MR) is 595 cm³/mol. The molecule has 28 rings (SSSR count). The minimum atomic E-state index is -2.63. The molecule has 6 nitrogen and oxygen atoms in total. The lowest BCUT2D eigenvalue weighted by Crippen LogP contribution is -2.74. The van der Waals surface area contributed by atoms with E-state index in [1.54, 1.807) is 0 Å². The number of aromatic nitrogens is 2. The van der Waals surface area contributed by atoms with Crippen LogP contribution in [0.3, 0.4) is 0 Å². The number of anilines is 6. The highest BCUT2D eigenvalue weighted by atomic mass is 28.3. The fourth-order valence-corrected chi connectivity index (χ4v) is 32.5. The van der Waals surface area contributed by atoms with Crippen molar-refractivity contribution in [2.45, 2.75) is 0 Å². The summed E-state index contributed by atoms with van der Waals surface area (Å²) < 4.78 is 17.6. The Balaban J connectivity index is 0.000000141. The molecule has 8 heteroatoms. The largest absolute Gasteiger partial charge is 0.456 e. The molecule has 0 bridgehead atoms. The maximum atomic E-state index is 6.46. The van der Waals surface area contributed by atoms with Gasteiger partial charge in [0.05, 0.1) is 33.1 Å². The predicted octanol–water partition coefficient (Wildman–Crippen LogP) is 29.8. The molecule has 0 unspecified atom stereocenters. The highest BCUT2D eigenvalue weighted by Gasteiger charge is 2.43. The third-order valence-electron chi connectivity index (χ3n) is 29.4. The third kappa shape index (κ3) is 13.3. The van der Waals surface area contributed by atoms with Crippen molar-refractivity contribution in [3.63, 3.8) is 0 Å². The summed E-state index contributed by atoms with van der Waals surface area (Å²) in [7, 11) is -5.26. The first-order chi connectivity index (χ1) is 69.4. The minimum absolute atomic E-state index is 0.865. The molecule has 0 aliphatic carbocycles. The van der Waals surface area contributed by atoms with Gasteiger partial charge < -0.3 is 27.4 Å². The molecule has 0 aliphatic rings. The second-order valence-corrected chi connectivity index (χ2v) is 44.5. The van der Waals surface area contributed by atoms with Gasteiger partial charge in [0.1, 0.15) is 22.3 Å². The molecule has 0 saturated heterocycles. The highest BCUT2D eigenvalue weighted by Crippen LogP contribution is 2.47. The minimum Gasteiger partial charge on any atom is -0.456 e. The van der Waals surface area contributed by atoms with Crippen LogP contribution in [-0.2, 0) is 0 Å². The number of furan rings is 2. The van der Waals surface area contributed by atoms with Crippen LogP contribution in [0.5, 0.6) is 0 Å². The zero-order valence-corrected chi connectivity index (χ0v) is 78.4. The quantitative estimate of drug-likeness (QED) is 0.0634. The summed E-state index contributed by atoms with van der Waals surface area (Å²) in [5.41, 5.74) is 26.8. The topological polar surface area (TPSA) is 41.6 Å². The normalized spacial score (nSPS) is 12.0. The van der Waals surface area contributed by atoms with Crippen molar-refractivity contribution in [1.29, 1.82) is 0 Å². The first-order valence-corrected chi connectivity index (χ1v) is 52.1. The summed E-state index contributed by atoms with van der Waals surface area (Å²) in [4.78, 5) is 4.73. The van der Waals surface area contributed by atoms with Crippen molar-refractivity contribution >= 4 is 212 Å². The molecule has 0 aliphatic heterocycles. The second-order valence-electron chi connectivity index (χ2n) is 36.8. The van der Waals surface area contributed by atoms with E-state index >= 15 is 0 Å². The summed E-state index contributed by atoms with van der Waals surface area (Å²) in [6.07, 6.45) is 0. The van der Waals surface area contributed by atoms with Crippen molar-refractivity contribution in [2.75, 3.05) is 9.80 Å². The van der Waals surface area contributed by atoms with Gasteiger partial charge in [0.25, 0.3) is 0 Å². The van der Waals surface area contributed by atoms with E-state index in [9.17, 15) is 0 Å². The molecule has 28 aromatic rings. The lowest BCUT2D eigenvalue weighted by molar-refractivity contribution is 0.668. The van der Waals surface area contributed by atoms with Gasteiger partial charge in [0, 0.05) is 105 Å². The summed E-state index contributed by atoms with van der Waals surface area (Å²) >= 11 is 0. The SMILES string of the molecule is c1ccc([Si](c2ccccc2)(c2ccccc2)c2ccc(-c3ccc(N(c4ccc(-c5ccc6c(c5)c5cccc7c8ccccc8n6c75)cc4)c4ccc5c(c4)oc4ccccc45)cc3)cc2)cc1.c1ccc([Si](c2ccccc2)(c2ccccc2)c2ccc(-c3ccc(N(c4ccc(-c5ccc6c(c5)oc5ccccc56)cc4)c4ccc5c(c4)c4cccc6c7ccccc7n5c64)cc3)cc2)cc1. The van der Waals surface area contributed by atoms with Gasteiger partial charge in [0.15, 0.2) is 16.1 Å². The van der Waals surface area contributed by atoms with Crippen LogP contribution in [0.4, 0.5) is 34.1 Å². The van der Waals surface area contributed by atoms with Crippen LogP contribution < -0.4 is 51.3 Å². The molecule has 656 valence electrons. The summed E-state index contributed by atoms with van der Waals surface area (Å²) in [6.45, 7) is 0. The molecule has 0 amide bonds. The Labute approximate surface area is 811 Å². The number of hydrogen-bond donors (Lipinski definition) is 0. The van der Waals surface area contributed by atoms with Crippen LogP contribution in [0.1, 0.15) is 0 Å². The Hall–Kier alpha value is -17.9. The number of para-hydroxylation sites is 6. The van der Waals surface area contributed by atoms with Crippen LogP contribution in [0.15, 0.2) is 543 Å². The van der Waals surface area contributed by atoms with Crippen LogP contribution in [-0.4, -0.2) is 24.9 Å². The van der Waals surface area contributed by atoms with Gasteiger partial charge in [-0.25, -0.2) is 0 Å². The zero-order valence-electron chi connectivity index (χ0n) is 76.4. The van der Waals surface area contributed by atoms with E-state index in [2.05, 4.69) is 528 Å². The van der Waals surface area contributed by atoms with Gasteiger partial charge >= 0.3 is 0 Å². The van der Waals surface area contributed by atoms with Crippen molar-refractivity contribution in [2.24, 2.45) is 0 Å². The third-order valence-corrected chi connectivity index (χ3v) is 39.0. The molecular formula is C132H88N4O2Si2. The molecular weight excluding hydrogens is 1730 g/mol. The van der Waals surface area contributed by atoms with Crippen LogP contribution >= 0.6 is 0 Å². The average molecular weight is 1820 g/mol. The molecule has 0 N–H and O–H groups in total. The number of nitrogens with zero attached hydrogens (tertiary/aromatic N) is 4. The summed E-state index contributed by atoms with van der Waals surface area (Å²) in [5.74, 6) is 0. The molecule has 0 fully saturated rings. The van der Waals surface area contributed by atoms with E-state index in [1.165, 1.54) is 146 Å². The Bertz CT molecular complexity index is 9310. The first kappa shape index (κ1) is 81.6. The van der Waals surface area contributed by atoms with E-state index in [0.717, 1.165) is 94.7 Å². The van der Waals surface area contributed by atoms with Crippen molar-refractivity contribution in [3.8, 4) is 44.5 Å². The van der Waals surface area contributed by atoms with Crippen molar-refractivity contribution in [1.82, 2.24) is 8.80 Å². The zero-order chi connectivity index (χ0) is 92.4. The van der Waals surface area contributed by atoms with Crippen molar-refractivity contribution < 1.29 is 8.83 Å². The Morgan fingerprint density at radius 2 is 0.379 bits per heavy atom. The van der Waals surface area contributed by atoms with E-state index in [4.69, 9.17) is 8.83 Å². The maximum absolute atomic E-state index is 6.46.